The number of rotatable bonds is 5. The molecular weight excluding hydrogens is 358 g/mol. The van der Waals surface area contributed by atoms with Crippen LogP contribution in [0.3, 0.4) is 0 Å². The van der Waals surface area contributed by atoms with Crippen LogP contribution >= 0.6 is 15.9 Å². The molecule has 0 saturated heterocycles. The summed E-state index contributed by atoms with van der Waals surface area (Å²) in [5.41, 5.74) is 3.19. The lowest BCUT2D eigenvalue weighted by Crippen LogP contribution is -2.26. The van der Waals surface area contributed by atoms with Crippen molar-refractivity contribution in [3.05, 3.63) is 58.1 Å². The van der Waals surface area contributed by atoms with Crippen LogP contribution in [-0.4, -0.2) is 32.8 Å². The molecule has 4 nitrogen and oxygen atoms in total. The first-order valence-electron chi connectivity index (χ1n) is 7.52. The van der Waals surface area contributed by atoms with Crippen molar-refractivity contribution < 1.29 is 14.3 Å². The Hall–Kier alpha value is -2.01. The Balaban J connectivity index is 1.54. The van der Waals surface area contributed by atoms with Crippen molar-refractivity contribution >= 4 is 27.6 Å². The SMILES string of the molecule is COC(=O)c1ccc(OCCN2CCc3cc(Br)ccc32)cc1. The van der Waals surface area contributed by atoms with Gasteiger partial charge in [-0.2, -0.15) is 0 Å². The van der Waals surface area contributed by atoms with E-state index in [2.05, 4.69) is 43.8 Å². The fraction of sp³-hybridized carbons (Fsp3) is 0.278. The first-order valence-corrected chi connectivity index (χ1v) is 8.31. The van der Waals surface area contributed by atoms with Crippen LogP contribution in [0.1, 0.15) is 15.9 Å². The highest BCUT2D eigenvalue weighted by Gasteiger charge is 2.18. The van der Waals surface area contributed by atoms with Crippen LogP contribution in [-0.2, 0) is 11.2 Å². The van der Waals surface area contributed by atoms with Crippen molar-refractivity contribution in [2.75, 3.05) is 31.7 Å². The van der Waals surface area contributed by atoms with Crippen molar-refractivity contribution in [2.24, 2.45) is 0 Å². The lowest BCUT2D eigenvalue weighted by atomic mass is 10.2. The molecule has 0 aromatic heterocycles. The molecule has 0 N–H and O–H groups in total. The minimum absolute atomic E-state index is 0.337. The lowest BCUT2D eigenvalue weighted by molar-refractivity contribution is 0.0600. The maximum atomic E-state index is 11.4. The van der Waals surface area contributed by atoms with Gasteiger partial charge >= 0.3 is 5.97 Å². The minimum atomic E-state index is -0.337. The van der Waals surface area contributed by atoms with Gasteiger partial charge in [0.25, 0.3) is 0 Å². The van der Waals surface area contributed by atoms with Gasteiger partial charge in [0.05, 0.1) is 19.2 Å². The van der Waals surface area contributed by atoms with Crippen LogP contribution in [0.4, 0.5) is 5.69 Å². The van der Waals surface area contributed by atoms with Crippen LogP contribution in [0.5, 0.6) is 5.75 Å². The van der Waals surface area contributed by atoms with Crippen molar-refractivity contribution in [2.45, 2.75) is 6.42 Å². The van der Waals surface area contributed by atoms with E-state index in [-0.39, 0.29) is 5.97 Å². The van der Waals surface area contributed by atoms with Gasteiger partial charge in [-0.25, -0.2) is 4.79 Å². The second-order valence-corrected chi connectivity index (χ2v) is 6.29. The van der Waals surface area contributed by atoms with Gasteiger partial charge in [0.1, 0.15) is 12.4 Å². The summed E-state index contributed by atoms with van der Waals surface area (Å²) < 4.78 is 11.6. The molecule has 0 spiro atoms. The Kier molecular flexibility index (Phi) is 4.86. The molecule has 1 aliphatic heterocycles. The third kappa shape index (κ3) is 3.67. The van der Waals surface area contributed by atoms with Gasteiger partial charge in [0.15, 0.2) is 0 Å². The first kappa shape index (κ1) is 15.9. The van der Waals surface area contributed by atoms with Crippen LogP contribution in [0.15, 0.2) is 46.9 Å². The average molecular weight is 376 g/mol. The largest absolute Gasteiger partial charge is 0.492 e. The standard InChI is InChI=1S/C18H18BrNO3/c1-22-18(21)13-2-5-16(6-3-13)23-11-10-20-9-8-14-12-15(19)4-7-17(14)20/h2-7,12H,8-11H2,1H3. The predicted octanol–water partition coefficient (Wildman–Crippen LogP) is 3.68. The number of ether oxygens (including phenoxy) is 2. The maximum absolute atomic E-state index is 11.4. The monoisotopic (exact) mass is 375 g/mol. The second kappa shape index (κ2) is 7.04. The molecule has 0 atom stereocenters. The summed E-state index contributed by atoms with van der Waals surface area (Å²) in [5, 5.41) is 0. The van der Waals surface area contributed by atoms with E-state index in [0.717, 1.165) is 29.7 Å². The zero-order chi connectivity index (χ0) is 16.2. The van der Waals surface area contributed by atoms with E-state index in [4.69, 9.17) is 4.74 Å². The number of carbonyl (C=O) groups is 1. The number of methoxy groups -OCH3 is 1. The molecule has 23 heavy (non-hydrogen) atoms. The number of esters is 1. The zero-order valence-corrected chi connectivity index (χ0v) is 14.5. The molecule has 0 unspecified atom stereocenters. The molecular formula is C18H18BrNO3. The summed E-state index contributed by atoms with van der Waals surface area (Å²) in [6.07, 6.45) is 1.07. The fourth-order valence-corrected chi connectivity index (χ4v) is 3.16. The molecule has 0 bridgehead atoms. The smallest absolute Gasteiger partial charge is 0.337 e. The van der Waals surface area contributed by atoms with Crippen LogP contribution in [0.25, 0.3) is 0 Å². The Morgan fingerprint density at radius 3 is 2.74 bits per heavy atom. The third-order valence-electron chi connectivity index (χ3n) is 3.94. The number of benzene rings is 2. The van der Waals surface area contributed by atoms with E-state index in [1.54, 1.807) is 24.3 Å². The highest BCUT2D eigenvalue weighted by atomic mass is 79.9. The van der Waals surface area contributed by atoms with Gasteiger partial charge in [-0.3, -0.25) is 0 Å². The molecule has 5 heteroatoms. The van der Waals surface area contributed by atoms with Gasteiger partial charge in [-0.05, 0) is 54.4 Å². The molecule has 0 amide bonds. The molecule has 2 aromatic rings. The zero-order valence-electron chi connectivity index (χ0n) is 12.9. The number of hydrogen-bond donors (Lipinski definition) is 0. The summed E-state index contributed by atoms with van der Waals surface area (Å²) in [6.45, 7) is 2.47. The van der Waals surface area contributed by atoms with Gasteiger partial charge < -0.3 is 14.4 Å². The molecule has 1 aliphatic rings. The first-order chi connectivity index (χ1) is 11.2. The third-order valence-corrected chi connectivity index (χ3v) is 4.43. The Labute approximate surface area is 144 Å². The maximum Gasteiger partial charge on any atom is 0.337 e. The lowest BCUT2D eigenvalue weighted by Gasteiger charge is -2.19. The molecule has 120 valence electrons. The molecule has 1 heterocycles. The quantitative estimate of drug-likeness (QED) is 0.747. The van der Waals surface area contributed by atoms with E-state index in [0.29, 0.717) is 12.2 Å². The van der Waals surface area contributed by atoms with Gasteiger partial charge in [0, 0.05) is 16.7 Å². The number of hydrogen-bond acceptors (Lipinski definition) is 4. The molecule has 0 aliphatic carbocycles. The van der Waals surface area contributed by atoms with Gasteiger partial charge in [0.2, 0.25) is 0 Å². The van der Waals surface area contributed by atoms with E-state index in [9.17, 15) is 4.79 Å². The molecule has 0 radical (unpaired) electrons. The van der Waals surface area contributed by atoms with Crippen LogP contribution in [0, 0.1) is 0 Å². The average Bonchev–Trinajstić information content (AvgIpc) is 2.97. The van der Waals surface area contributed by atoms with Crippen molar-refractivity contribution in [1.82, 2.24) is 0 Å². The van der Waals surface area contributed by atoms with E-state index in [1.807, 2.05) is 0 Å². The molecule has 2 aromatic carbocycles. The van der Waals surface area contributed by atoms with Gasteiger partial charge in [-0.1, -0.05) is 15.9 Å². The van der Waals surface area contributed by atoms with E-state index < -0.39 is 0 Å². The van der Waals surface area contributed by atoms with Crippen molar-refractivity contribution in [3.63, 3.8) is 0 Å². The Morgan fingerprint density at radius 1 is 1.22 bits per heavy atom. The predicted molar refractivity (Wildman–Crippen MR) is 93.3 cm³/mol. The Bertz CT molecular complexity index is 700. The number of carbonyl (C=O) groups excluding carboxylic acids is 1. The minimum Gasteiger partial charge on any atom is -0.492 e. The highest BCUT2D eigenvalue weighted by molar-refractivity contribution is 9.10. The van der Waals surface area contributed by atoms with E-state index in [1.165, 1.54) is 18.4 Å². The second-order valence-electron chi connectivity index (χ2n) is 5.37. The number of fused-ring (bicyclic) bond motifs is 1. The number of nitrogens with zero attached hydrogens (tertiary/aromatic N) is 1. The summed E-state index contributed by atoms with van der Waals surface area (Å²) in [5.74, 6) is 0.421. The highest BCUT2D eigenvalue weighted by Crippen LogP contribution is 2.30. The van der Waals surface area contributed by atoms with Crippen LogP contribution in [0.2, 0.25) is 0 Å². The Morgan fingerprint density at radius 2 is 2.00 bits per heavy atom. The fourth-order valence-electron chi connectivity index (χ4n) is 2.75. The molecule has 0 fully saturated rings. The molecule has 3 rings (SSSR count). The number of anilines is 1. The number of halogens is 1. The van der Waals surface area contributed by atoms with E-state index >= 15 is 0 Å². The summed E-state index contributed by atoms with van der Waals surface area (Å²) >= 11 is 3.51. The normalized spacial score (nSPS) is 12.9. The van der Waals surface area contributed by atoms with Crippen molar-refractivity contribution in [3.8, 4) is 5.75 Å². The summed E-state index contributed by atoms with van der Waals surface area (Å²) in [4.78, 5) is 13.7. The summed E-state index contributed by atoms with van der Waals surface area (Å²) in [6, 6.07) is 13.4. The topological polar surface area (TPSA) is 38.8 Å². The van der Waals surface area contributed by atoms with Crippen LogP contribution < -0.4 is 9.64 Å². The van der Waals surface area contributed by atoms with Crippen molar-refractivity contribution in [1.29, 1.82) is 0 Å². The molecule has 0 saturated carbocycles. The van der Waals surface area contributed by atoms with Gasteiger partial charge in [-0.15, -0.1) is 0 Å². The summed E-state index contributed by atoms with van der Waals surface area (Å²) in [7, 11) is 1.37.